The molecule has 0 saturated carbocycles. The molecule has 6 nitrogen and oxygen atoms in total. The first-order valence-electron chi connectivity index (χ1n) is 6.67. The fourth-order valence-electron chi connectivity index (χ4n) is 2.10. The lowest BCUT2D eigenvalue weighted by atomic mass is 10.2. The van der Waals surface area contributed by atoms with E-state index in [1.165, 1.54) is 12.1 Å². The summed E-state index contributed by atoms with van der Waals surface area (Å²) in [6.45, 7) is 7.19. The second kappa shape index (κ2) is 5.20. The van der Waals surface area contributed by atoms with Crippen molar-refractivity contribution in [2.24, 2.45) is 0 Å². The molecular formula is C15H18N2O4. The van der Waals surface area contributed by atoms with Crippen molar-refractivity contribution in [2.45, 2.75) is 39.3 Å². The summed E-state index contributed by atoms with van der Waals surface area (Å²) in [6, 6.07) is 5.83. The molecule has 0 aliphatic rings. The molecule has 1 atom stereocenters. The summed E-state index contributed by atoms with van der Waals surface area (Å²) >= 11 is 0. The molecule has 0 amide bonds. The van der Waals surface area contributed by atoms with Gasteiger partial charge in [0, 0.05) is 29.2 Å². The smallest absolute Gasteiger partial charge is 0.329 e. The van der Waals surface area contributed by atoms with Crippen LogP contribution in [0.2, 0.25) is 0 Å². The zero-order valence-corrected chi connectivity index (χ0v) is 12.5. The quantitative estimate of drug-likeness (QED) is 0.493. The summed E-state index contributed by atoms with van der Waals surface area (Å²) < 4.78 is 7.12. The summed E-state index contributed by atoms with van der Waals surface area (Å²) in [5, 5.41) is 11.5. The van der Waals surface area contributed by atoms with Gasteiger partial charge in [-0.1, -0.05) is 0 Å². The molecule has 21 heavy (non-hydrogen) atoms. The largest absolute Gasteiger partial charge is 0.458 e. The zero-order chi connectivity index (χ0) is 15.8. The van der Waals surface area contributed by atoms with Gasteiger partial charge >= 0.3 is 5.97 Å². The highest BCUT2D eigenvalue weighted by molar-refractivity contribution is 5.85. The topological polar surface area (TPSA) is 74.4 Å². The second-order valence-corrected chi connectivity index (χ2v) is 5.93. The van der Waals surface area contributed by atoms with E-state index in [4.69, 9.17) is 4.74 Å². The number of fused-ring (bicyclic) bond motifs is 1. The maximum absolute atomic E-state index is 12.1. The molecule has 0 aliphatic carbocycles. The average Bonchev–Trinajstić information content (AvgIpc) is 2.78. The lowest BCUT2D eigenvalue weighted by molar-refractivity contribution is -0.384. The van der Waals surface area contributed by atoms with Crippen molar-refractivity contribution in [2.75, 3.05) is 0 Å². The predicted octanol–water partition coefficient (Wildman–Crippen LogP) is 3.45. The van der Waals surface area contributed by atoms with Gasteiger partial charge in [-0.15, -0.1) is 0 Å². The molecule has 0 bridgehead atoms. The van der Waals surface area contributed by atoms with Crippen LogP contribution < -0.4 is 0 Å². The number of carbonyl (C=O) groups excluding carboxylic acids is 1. The van der Waals surface area contributed by atoms with E-state index in [1.807, 2.05) is 20.8 Å². The lowest BCUT2D eigenvalue weighted by Crippen LogP contribution is -2.28. The van der Waals surface area contributed by atoms with Gasteiger partial charge in [0.05, 0.1) is 4.92 Å². The van der Waals surface area contributed by atoms with Gasteiger partial charge in [-0.2, -0.15) is 0 Å². The van der Waals surface area contributed by atoms with E-state index in [1.54, 1.807) is 29.8 Å². The minimum Gasteiger partial charge on any atom is -0.458 e. The molecule has 0 radical (unpaired) electrons. The SMILES string of the molecule is CC(C(=O)OC(C)(C)C)n1ccc2cc([N+](=O)[O-])ccc21. The minimum atomic E-state index is -0.549. The minimum absolute atomic E-state index is 0.0326. The maximum Gasteiger partial charge on any atom is 0.329 e. The Labute approximate surface area is 122 Å². The maximum atomic E-state index is 12.1. The number of hydrogen-bond acceptors (Lipinski definition) is 4. The van der Waals surface area contributed by atoms with Gasteiger partial charge < -0.3 is 9.30 Å². The van der Waals surface area contributed by atoms with Crippen LogP contribution in [0.5, 0.6) is 0 Å². The molecule has 0 spiro atoms. The van der Waals surface area contributed by atoms with Gasteiger partial charge in [0.1, 0.15) is 11.6 Å². The summed E-state index contributed by atoms with van der Waals surface area (Å²) in [6.07, 6.45) is 1.74. The van der Waals surface area contributed by atoms with Gasteiger partial charge in [0.15, 0.2) is 0 Å². The number of non-ortho nitro benzene ring substituents is 1. The number of esters is 1. The van der Waals surface area contributed by atoms with E-state index < -0.39 is 16.6 Å². The van der Waals surface area contributed by atoms with Crippen molar-refractivity contribution in [1.29, 1.82) is 0 Å². The Balaban J connectivity index is 2.34. The number of rotatable bonds is 3. The molecule has 1 unspecified atom stereocenters. The summed E-state index contributed by atoms with van der Waals surface area (Å²) in [4.78, 5) is 22.5. The monoisotopic (exact) mass is 290 g/mol. The normalized spacial score (nSPS) is 13.1. The predicted molar refractivity (Wildman–Crippen MR) is 79.1 cm³/mol. The van der Waals surface area contributed by atoms with Gasteiger partial charge in [-0.05, 0) is 39.8 Å². The molecule has 0 aliphatic heterocycles. The van der Waals surface area contributed by atoms with E-state index in [0.717, 1.165) is 10.9 Å². The first-order valence-corrected chi connectivity index (χ1v) is 6.67. The van der Waals surface area contributed by atoms with Gasteiger partial charge in [0.2, 0.25) is 0 Å². The van der Waals surface area contributed by atoms with Crippen LogP contribution in [0.1, 0.15) is 33.7 Å². The lowest BCUT2D eigenvalue weighted by Gasteiger charge is -2.23. The fraction of sp³-hybridized carbons (Fsp3) is 0.400. The number of aromatic nitrogens is 1. The molecule has 1 aromatic heterocycles. The highest BCUT2D eigenvalue weighted by Gasteiger charge is 2.23. The Morgan fingerprint density at radius 3 is 2.57 bits per heavy atom. The molecule has 0 fully saturated rings. The first-order chi connectivity index (χ1) is 9.69. The Bertz CT molecular complexity index is 697. The third-order valence-corrected chi connectivity index (χ3v) is 3.08. The van der Waals surface area contributed by atoms with Gasteiger partial charge in [0.25, 0.3) is 5.69 Å². The van der Waals surface area contributed by atoms with Crippen molar-refractivity contribution < 1.29 is 14.5 Å². The molecule has 0 saturated heterocycles. The number of hydrogen-bond donors (Lipinski definition) is 0. The van der Waals surface area contributed by atoms with Crippen LogP contribution >= 0.6 is 0 Å². The summed E-state index contributed by atoms with van der Waals surface area (Å²) in [5.74, 6) is -0.335. The Kier molecular flexibility index (Phi) is 3.72. The molecule has 0 N–H and O–H groups in total. The summed E-state index contributed by atoms with van der Waals surface area (Å²) in [5.41, 5.74) is 0.247. The van der Waals surface area contributed by atoms with E-state index in [-0.39, 0.29) is 11.7 Å². The molecule has 112 valence electrons. The van der Waals surface area contributed by atoms with Crippen LogP contribution in [-0.4, -0.2) is 21.1 Å². The molecule has 2 aromatic rings. The first kappa shape index (κ1) is 15.0. The van der Waals surface area contributed by atoms with Crippen LogP contribution in [-0.2, 0) is 9.53 Å². The van der Waals surface area contributed by atoms with E-state index in [9.17, 15) is 14.9 Å². The fourth-order valence-corrected chi connectivity index (χ4v) is 2.10. The van der Waals surface area contributed by atoms with Crippen LogP contribution in [0.3, 0.4) is 0 Å². The molecule has 2 rings (SSSR count). The molecule has 1 aromatic carbocycles. The number of benzene rings is 1. The number of carbonyl (C=O) groups is 1. The van der Waals surface area contributed by atoms with Crippen LogP contribution in [0.15, 0.2) is 30.5 Å². The highest BCUT2D eigenvalue weighted by atomic mass is 16.6. The van der Waals surface area contributed by atoms with E-state index in [0.29, 0.717) is 0 Å². The van der Waals surface area contributed by atoms with E-state index >= 15 is 0 Å². The zero-order valence-electron chi connectivity index (χ0n) is 12.5. The Hall–Kier alpha value is -2.37. The highest BCUT2D eigenvalue weighted by Crippen LogP contribution is 2.25. The van der Waals surface area contributed by atoms with Crippen molar-refractivity contribution >= 4 is 22.6 Å². The van der Waals surface area contributed by atoms with Gasteiger partial charge in [-0.25, -0.2) is 4.79 Å². The van der Waals surface area contributed by atoms with Gasteiger partial charge in [-0.3, -0.25) is 10.1 Å². The van der Waals surface area contributed by atoms with E-state index in [2.05, 4.69) is 0 Å². The Morgan fingerprint density at radius 2 is 2.00 bits per heavy atom. The van der Waals surface area contributed by atoms with Crippen molar-refractivity contribution in [3.05, 3.63) is 40.6 Å². The third-order valence-electron chi connectivity index (χ3n) is 3.08. The Morgan fingerprint density at radius 1 is 1.33 bits per heavy atom. The van der Waals surface area contributed by atoms with Crippen LogP contribution in [0.25, 0.3) is 10.9 Å². The summed E-state index contributed by atoms with van der Waals surface area (Å²) in [7, 11) is 0. The third kappa shape index (κ3) is 3.21. The number of nitrogens with zero attached hydrogens (tertiary/aromatic N) is 2. The standard InChI is InChI=1S/C15H18N2O4/c1-10(14(18)21-15(2,3)4)16-8-7-11-9-12(17(19)20)5-6-13(11)16/h5-10H,1-4H3. The van der Waals surface area contributed by atoms with Crippen LogP contribution in [0, 0.1) is 10.1 Å². The molecule has 6 heteroatoms. The van der Waals surface area contributed by atoms with Crippen molar-refractivity contribution in [3.63, 3.8) is 0 Å². The van der Waals surface area contributed by atoms with Crippen molar-refractivity contribution in [1.82, 2.24) is 4.57 Å². The van der Waals surface area contributed by atoms with Crippen molar-refractivity contribution in [3.8, 4) is 0 Å². The molecular weight excluding hydrogens is 272 g/mol. The van der Waals surface area contributed by atoms with Crippen LogP contribution in [0.4, 0.5) is 5.69 Å². The number of nitro benzene ring substituents is 1. The number of nitro groups is 1. The second-order valence-electron chi connectivity index (χ2n) is 5.93. The average molecular weight is 290 g/mol. The molecule has 1 heterocycles. The number of ether oxygens (including phenoxy) is 1.